The monoisotopic (exact) mass is 425 g/mol. The second-order valence-corrected chi connectivity index (χ2v) is 8.93. The first-order valence-corrected chi connectivity index (χ1v) is 11.3. The Morgan fingerprint density at radius 2 is 2.11 bits per heavy atom. The number of halogens is 1. The van der Waals surface area contributed by atoms with E-state index in [0.29, 0.717) is 23.4 Å². The highest BCUT2D eigenvalue weighted by molar-refractivity contribution is 7.99. The highest BCUT2D eigenvalue weighted by Gasteiger charge is 2.37. The fraction of sp³-hybridized carbons (Fsp3) is 0.684. The Kier molecular flexibility index (Phi) is 7.04. The molecule has 2 unspecified atom stereocenters. The molecule has 1 saturated carbocycles. The molecule has 0 spiro atoms. The smallest absolute Gasteiger partial charge is 0.230 e. The Balaban J connectivity index is 1.60. The predicted molar refractivity (Wildman–Crippen MR) is 112 cm³/mol. The van der Waals surface area contributed by atoms with E-state index >= 15 is 0 Å². The zero-order valence-corrected chi connectivity index (χ0v) is 18.2. The summed E-state index contributed by atoms with van der Waals surface area (Å²) in [7, 11) is 0. The minimum atomic E-state index is -0.0368. The molecule has 2 aliphatic rings. The second kappa shape index (κ2) is 9.31. The van der Waals surface area contributed by atoms with Gasteiger partial charge in [-0.1, -0.05) is 30.3 Å². The van der Waals surface area contributed by atoms with Crippen molar-refractivity contribution in [3.8, 4) is 0 Å². The standard InChI is InChI=1S/C19H28ClN5O2S/c1-4-12(2)21-17(26)11-28-19-22-15(20)9-16(23-19)24-7-8-25(13(3)10-24)18(27)14-5-6-14/h9,12-14H,4-8,10-11H2,1-3H3,(H,21,26). The van der Waals surface area contributed by atoms with E-state index in [9.17, 15) is 9.59 Å². The van der Waals surface area contributed by atoms with Gasteiger partial charge in [0, 0.05) is 43.7 Å². The van der Waals surface area contributed by atoms with Crippen molar-refractivity contribution in [2.24, 2.45) is 5.92 Å². The van der Waals surface area contributed by atoms with Gasteiger partial charge >= 0.3 is 0 Å². The third-order valence-electron chi connectivity index (χ3n) is 5.17. The van der Waals surface area contributed by atoms with Crippen molar-refractivity contribution >= 4 is 41.0 Å². The van der Waals surface area contributed by atoms with E-state index in [4.69, 9.17) is 11.6 Å². The molecule has 2 atom stereocenters. The van der Waals surface area contributed by atoms with Crippen molar-refractivity contribution in [2.45, 2.75) is 57.3 Å². The molecule has 2 fully saturated rings. The summed E-state index contributed by atoms with van der Waals surface area (Å²) in [6.45, 7) is 8.20. The van der Waals surface area contributed by atoms with E-state index in [1.54, 1.807) is 6.07 Å². The van der Waals surface area contributed by atoms with E-state index in [-0.39, 0.29) is 35.6 Å². The van der Waals surface area contributed by atoms with E-state index in [2.05, 4.69) is 27.1 Å². The summed E-state index contributed by atoms with van der Waals surface area (Å²) >= 11 is 7.48. The molecule has 1 aromatic heterocycles. The molecule has 1 aliphatic heterocycles. The highest BCUT2D eigenvalue weighted by atomic mass is 35.5. The summed E-state index contributed by atoms with van der Waals surface area (Å²) in [5, 5.41) is 3.78. The Labute approximate surface area is 175 Å². The van der Waals surface area contributed by atoms with Gasteiger partial charge in [0.05, 0.1) is 5.75 Å². The average molecular weight is 426 g/mol. The van der Waals surface area contributed by atoms with E-state index < -0.39 is 0 Å². The lowest BCUT2D eigenvalue weighted by Gasteiger charge is -2.40. The highest BCUT2D eigenvalue weighted by Crippen LogP contribution is 2.32. The van der Waals surface area contributed by atoms with E-state index in [1.807, 2.05) is 18.7 Å². The van der Waals surface area contributed by atoms with Gasteiger partial charge in [0.25, 0.3) is 0 Å². The number of hydrogen-bond acceptors (Lipinski definition) is 6. The maximum atomic E-state index is 12.4. The minimum Gasteiger partial charge on any atom is -0.353 e. The number of thioether (sulfide) groups is 1. The van der Waals surface area contributed by atoms with Crippen LogP contribution in [0.5, 0.6) is 0 Å². The van der Waals surface area contributed by atoms with Crippen LogP contribution in [0.15, 0.2) is 11.2 Å². The van der Waals surface area contributed by atoms with Crippen LogP contribution in [0.2, 0.25) is 5.15 Å². The largest absolute Gasteiger partial charge is 0.353 e. The fourth-order valence-electron chi connectivity index (χ4n) is 3.22. The molecule has 0 aromatic carbocycles. The van der Waals surface area contributed by atoms with Crippen molar-refractivity contribution in [3.63, 3.8) is 0 Å². The third kappa shape index (κ3) is 5.50. The average Bonchev–Trinajstić information content (AvgIpc) is 3.50. The molecule has 3 rings (SSSR count). The molecule has 2 heterocycles. The van der Waals surface area contributed by atoms with Gasteiger partial charge in [-0.05, 0) is 33.1 Å². The molecule has 154 valence electrons. The number of nitrogens with one attached hydrogen (secondary N) is 1. The molecule has 1 aromatic rings. The number of amides is 2. The van der Waals surface area contributed by atoms with Crippen LogP contribution in [0, 0.1) is 5.92 Å². The van der Waals surface area contributed by atoms with Crippen LogP contribution in [-0.4, -0.2) is 64.2 Å². The Hall–Kier alpha value is -1.54. The molecule has 1 saturated heterocycles. The van der Waals surface area contributed by atoms with Gasteiger partial charge in [-0.3, -0.25) is 9.59 Å². The zero-order chi connectivity index (χ0) is 20.3. The van der Waals surface area contributed by atoms with Crippen molar-refractivity contribution < 1.29 is 9.59 Å². The zero-order valence-electron chi connectivity index (χ0n) is 16.7. The number of rotatable bonds is 7. The number of carbonyl (C=O) groups excluding carboxylic acids is 2. The van der Waals surface area contributed by atoms with Crippen LogP contribution < -0.4 is 10.2 Å². The predicted octanol–water partition coefficient (Wildman–Crippen LogP) is 2.58. The van der Waals surface area contributed by atoms with Crippen LogP contribution in [-0.2, 0) is 9.59 Å². The third-order valence-corrected chi connectivity index (χ3v) is 6.22. The summed E-state index contributed by atoms with van der Waals surface area (Å²) < 4.78 is 0. The Bertz CT molecular complexity index is 730. The number of aromatic nitrogens is 2. The SMILES string of the molecule is CCC(C)NC(=O)CSc1nc(Cl)cc(N2CCN(C(=O)C3CC3)C(C)C2)n1. The lowest BCUT2D eigenvalue weighted by molar-refractivity contribution is -0.135. The lowest BCUT2D eigenvalue weighted by Crippen LogP contribution is -2.54. The van der Waals surface area contributed by atoms with Gasteiger partial charge in [0.2, 0.25) is 11.8 Å². The van der Waals surface area contributed by atoms with Crippen LogP contribution in [0.4, 0.5) is 5.82 Å². The van der Waals surface area contributed by atoms with Crippen LogP contribution in [0.1, 0.15) is 40.0 Å². The van der Waals surface area contributed by atoms with Gasteiger partial charge in [-0.15, -0.1) is 0 Å². The number of piperazine rings is 1. The van der Waals surface area contributed by atoms with Crippen LogP contribution >= 0.6 is 23.4 Å². The first-order chi connectivity index (χ1) is 13.4. The van der Waals surface area contributed by atoms with E-state index in [0.717, 1.165) is 31.6 Å². The lowest BCUT2D eigenvalue weighted by atomic mass is 10.1. The quantitative estimate of drug-likeness (QED) is 0.411. The van der Waals surface area contributed by atoms with Crippen molar-refractivity contribution in [1.82, 2.24) is 20.2 Å². The Morgan fingerprint density at radius 1 is 1.36 bits per heavy atom. The molecule has 28 heavy (non-hydrogen) atoms. The Morgan fingerprint density at radius 3 is 2.75 bits per heavy atom. The summed E-state index contributed by atoms with van der Waals surface area (Å²) in [6.07, 6.45) is 2.94. The van der Waals surface area contributed by atoms with Crippen LogP contribution in [0.3, 0.4) is 0 Å². The van der Waals surface area contributed by atoms with Gasteiger partial charge < -0.3 is 15.1 Å². The van der Waals surface area contributed by atoms with E-state index in [1.165, 1.54) is 11.8 Å². The number of nitrogens with zero attached hydrogens (tertiary/aromatic N) is 4. The molecule has 7 nitrogen and oxygen atoms in total. The second-order valence-electron chi connectivity index (χ2n) is 7.60. The summed E-state index contributed by atoms with van der Waals surface area (Å²) in [5.41, 5.74) is 0. The molecule has 1 aliphatic carbocycles. The molecular weight excluding hydrogens is 398 g/mol. The maximum absolute atomic E-state index is 12.4. The minimum absolute atomic E-state index is 0.0368. The number of carbonyl (C=O) groups is 2. The summed E-state index contributed by atoms with van der Waals surface area (Å²) in [5.74, 6) is 1.49. The molecule has 0 radical (unpaired) electrons. The van der Waals surface area contributed by atoms with Crippen molar-refractivity contribution in [2.75, 3.05) is 30.3 Å². The first kappa shape index (κ1) is 21.2. The number of hydrogen-bond donors (Lipinski definition) is 1. The van der Waals surface area contributed by atoms with Gasteiger partial charge in [-0.25, -0.2) is 9.97 Å². The fourth-order valence-corrected chi connectivity index (χ4v) is 4.11. The molecule has 0 bridgehead atoms. The maximum Gasteiger partial charge on any atom is 0.230 e. The topological polar surface area (TPSA) is 78.4 Å². The van der Waals surface area contributed by atoms with Crippen molar-refractivity contribution in [3.05, 3.63) is 11.2 Å². The molecule has 1 N–H and O–H groups in total. The van der Waals surface area contributed by atoms with Crippen molar-refractivity contribution in [1.29, 1.82) is 0 Å². The first-order valence-electron chi connectivity index (χ1n) is 9.89. The molecular formula is C19H28ClN5O2S. The van der Waals surface area contributed by atoms with Gasteiger partial charge in [-0.2, -0.15) is 0 Å². The summed E-state index contributed by atoms with van der Waals surface area (Å²) in [6, 6.07) is 2.03. The molecule has 9 heteroatoms. The number of anilines is 1. The van der Waals surface area contributed by atoms with Gasteiger partial charge in [0.15, 0.2) is 5.16 Å². The van der Waals surface area contributed by atoms with Gasteiger partial charge in [0.1, 0.15) is 11.0 Å². The molecule has 2 amide bonds. The summed E-state index contributed by atoms with van der Waals surface area (Å²) in [4.78, 5) is 37.3. The van der Waals surface area contributed by atoms with Crippen LogP contribution in [0.25, 0.3) is 0 Å². The normalized spacial score (nSPS) is 20.8.